The van der Waals surface area contributed by atoms with Gasteiger partial charge in [0.2, 0.25) is 0 Å². The fourth-order valence-electron chi connectivity index (χ4n) is 1.82. The minimum Gasteiger partial charge on any atom is -0.383 e. The summed E-state index contributed by atoms with van der Waals surface area (Å²) in [5, 5.41) is 18.9. The topological polar surface area (TPSA) is 56.7 Å². The van der Waals surface area contributed by atoms with Crippen LogP contribution in [0.4, 0.5) is 0 Å². The predicted octanol–water partition coefficient (Wildman–Crippen LogP) is 3.32. The van der Waals surface area contributed by atoms with Crippen LogP contribution >= 0.6 is 35.3 Å². The van der Waals surface area contributed by atoms with Crippen LogP contribution in [0.1, 0.15) is 44.9 Å². The minimum absolute atomic E-state index is 0. The van der Waals surface area contributed by atoms with Gasteiger partial charge in [0.05, 0.1) is 6.54 Å². The lowest BCUT2D eigenvalue weighted by Crippen LogP contribution is -2.39. The summed E-state index contributed by atoms with van der Waals surface area (Å²) in [4.78, 5) is 5.44. The van der Waals surface area contributed by atoms with E-state index in [-0.39, 0.29) is 24.0 Å². The molecule has 1 aromatic rings. The highest BCUT2D eigenvalue weighted by molar-refractivity contribution is 14.0. The third kappa shape index (κ3) is 8.01. The van der Waals surface area contributed by atoms with E-state index >= 15 is 0 Å². The number of nitrogens with zero attached hydrogens (tertiary/aromatic N) is 1. The predicted molar refractivity (Wildman–Crippen MR) is 103 cm³/mol. The van der Waals surface area contributed by atoms with E-state index in [9.17, 15) is 5.11 Å². The summed E-state index contributed by atoms with van der Waals surface area (Å²) in [6.45, 7) is 8.14. The molecule has 6 heteroatoms. The minimum atomic E-state index is -0.903. The van der Waals surface area contributed by atoms with Crippen molar-refractivity contribution in [2.24, 2.45) is 4.99 Å². The van der Waals surface area contributed by atoms with E-state index in [2.05, 4.69) is 22.5 Å². The van der Waals surface area contributed by atoms with Crippen molar-refractivity contribution in [3.63, 3.8) is 0 Å². The van der Waals surface area contributed by atoms with Crippen LogP contribution in [0.15, 0.2) is 22.5 Å². The number of aliphatic hydroxyl groups is 1. The van der Waals surface area contributed by atoms with E-state index in [1.807, 2.05) is 31.4 Å². The van der Waals surface area contributed by atoms with Crippen LogP contribution in [0.25, 0.3) is 0 Å². The number of nitrogens with one attached hydrogen (secondary N) is 2. The number of rotatable bonds is 8. The summed E-state index contributed by atoms with van der Waals surface area (Å²) in [5.74, 6) is 0.778. The first-order valence-corrected chi connectivity index (χ1v) is 8.26. The molecule has 1 heterocycles. The molecule has 0 aromatic carbocycles. The maximum atomic E-state index is 10.4. The number of unbranched alkanes of at least 4 members (excludes halogenated alkanes) is 2. The lowest BCUT2D eigenvalue weighted by molar-refractivity contribution is 0.0711. The Labute approximate surface area is 149 Å². The highest BCUT2D eigenvalue weighted by atomic mass is 127. The SMILES string of the molecule is CCCCCNC(=NCC(C)(O)c1cccs1)NCC.I. The molecule has 0 aliphatic carbocycles. The zero-order valence-corrected chi connectivity index (χ0v) is 16.3. The number of hydrogen-bond acceptors (Lipinski definition) is 3. The number of guanidine groups is 1. The van der Waals surface area contributed by atoms with Gasteiger partial charge in [0, 0.05) is 18.0 Å². The highest BCUT2D eigenvalue weighted by Gasteiger charge is 2.23. The average Bonchev–Trinajstić information content (AvgIpc) is 2.95. The van der Waals surface area contributed by atoms with Gasteiger partial charge in [-0.3, -0.25) is 0 Å². The van der Waals surface area contributed by atoms with E-state index in [1.54, 1.807) is 11.3 Å². The lowest BCUT2D eigenvalue weighted by atomic mass is 10.1. The van der Waals surface area contributed by atoms with Crippen molar-refractivity contribution in [1.29, 1.82) is 0 Å². The van der Waals surface area contributed by atoms with Crippen molar-refractivity contribution in [3.05, 3.63) is 22.4 Å². The summed E-state index contributed by atoms with van der Waals surface area (Å²) < 4.78 is 0. The first kappa shape index (κ1) is 20.7. The Morgan fingerprint density at radius 3 is 2.67 bits per heavy atom. The van der Waals surface area contributed by atoms with E-state index < -0.39 is 5.60 Å². The molecule has 0 bridgehead atoms. The summed E-state index contributed by atoms with van der Waals surface area (Å²) in [6.07, 6.45) is 3.57. The molecule has 1 unspecified atom stereocenters. The van der Waals surface area contributed by atoms with Gasteiger partial charge in [0.1, 0.15) is 5.60 Å². The number of aliphatic imine (C=N–C) groups is 1. The number of hydrogen-bond donors (Lipinski definition) is 3. The molecular weight excluding hydrogens is 397 g/mol. The molecule has 1 atom stereocenters. The zero-order chi connectivity index (χ0) is 14.8. The summed E-state index contributed by atoms with van der Waals surface area (Å²) in [7, 11) is 0. The smallest absolute Gasteiger partial charge is 0.191 e. The van der Waals surface area contributed by atoms with E-state index in [0.717, 1.165) is 30.3 Å². The first-order chi connectivity index (χ1) is 9.60. The quantitative estimate of drug-likeness (QED) is 0.259. The van der Waals surface area contributed by atoms with Crippen LogP contribution in [0, 0.1) is 0 Å². The normalized spacial score (nSPS) is 14.2. The van der Waals surface area contributed by atoms with Crippen LogP contribution < -0.4 is 10.6 Å². The van der Waals surface area contributed by atoms with Gasteiger partial charge in [0.25, 0.3) is 0 Å². The molecule has 0 amide bonds. The van der Waals surface area contributed by atoms with Crippen molar-refractivity contribution in [2.45, 2.75) is 45.6 Å². The van der Waals surface area contributed by atoms with Crippen LogP contribution in [0.3, 0.4) is 0 Å². The largest absolute Gasteiger partial charge is 0.383 e. The monoisotopic (exact) mass is 425 g/mol. The molecular formula is C15H28IN3OS. The molecule has 122 valence electrons. The average molecular weight is 425 g/mol. The molecule has 0 fully saturated rings. The Hall–Kier alpha value is -0.340. The van der Waals surface area contributed by atoms with Gasteiger partial charge < -0.3 is 15.7 Å². The van der Waals surface area contributed by atoms with Gasteiger partial charge in [-0.1, -0.05) is 25.8 Å². The highest BCUT2D eigenvalue weighted by Crippen LogP contribution is 2.25. The molecule has 0 aliphatic heterocycles. The molecule has 0 saturated carbocycles. The second kappa shape index (κ2) is 11.3. The van der Waals surface area contributed by atoms with Crippen LogP contribution in [0.5, 0.6) is 0 Å². The Bertz CT molecular complexity index is 394. The maximum absolute atomic E-state index is 10.4. The number of halogens is 1. The standard InChI is InChI=1S/C15H27N3OS.HI/c1-4-6-7-10-17-14(16-5-2)18-12-15(3,19)13-9-8-11-20-13;/h8-9,11,19H,4-7,10,12H2,1-3H3,(H2,16,17,18);1H. The molecule has 0 spiro atoms. The Morgan fingerprint density at radius 1 is 1.33 bits per heavy atom. The van der Waals surface area contributed by atoms with Crippen molar-refractivity contribution in [1.82, 2.24) is 10.6 Å². The molecule has 1 aromatic heterocycles. The van der Waals surface area contributed by atoms with Gasteiger partial charge in [-0.05, 0) is 31.7 Å². The van der Waals surface area contributed by atoms with Gasteiger partial charge in [-0.15, -0.1) is 35.3 Å². The van der Waals surface area contributed by atoms with Gasteiger partial charge in [-0.25, -0.2) is 4.99 Å². The summed E-state index contributed by atoms with van der Waals surface area (Å²) >= 11 is 1.56. The van der Waals surface area contributed by atoms with E-state index in [1.165, 1.54) is 12.8 Å². The fraction of sp³-hybridized carbons (Fsp3) is 0.667. The van der Waals surface area contributed by atoms with E-state index in [4.69, 9.17) is 0 Å². The van der Waals surface area contributed by atoms with E-state index in [0.29, 0.717) is 6.54 Å². The maximum Gasteiger partial charge on any atom is 0.191 e. The molecule has 0 aliphatic rings. The van der Waals surface area contributed by atoms with Gasteiger partial charge in [0.15, 0.2) is 5.96 Å². The third-order valence-electron chi connectivity index (χ3n) is 3.01. The molecule has 4 nitrogen and oxygen atoms in total. The van der Waals surface area contributed by atoms with Crippen molar-refractivity contribution < 1.29 is 5.11 Å². The van der Waals surface area contributed by atoms with Crippen LogP contribution in [0.2, 0.25) is 0 Å². The second-order valence-electron chi connectivity index (χ2n) is 5.08. The van der Waals surface area contributed by atoms with Gasteiger partial charge >= 0.3 is 0 Å². The van der Waals surface area contributed by atoms with Gasteiger partial charge in [-0.2, -0.15) is 0 Å². The molecule has 3 N–H and O–H groups in total. The van der Waals surface area contributed by atoms with Crippen LogP contribution in [-0.4, -0.2) is 30.7 Å². The zero-order valence-electron chi connectivity index (χ0n) is 13.2. The van der Waals surface area contributed by atoms with Crippen LogP contribution in [-0.2, 0) is 5.60 Å². The molecule has 0 radical (unpaired) electrons. The lowest BCUT2D eigenvalue weighted by Gasteiger charge is -2.20. The Morgan fingerprint density at radius 2 is 2.10 bits per heavy atom. The summed E-state index contributed by atoms with van der Waals surface area (Å²) in [6, 6.07) is 3.90. The van der Waals surface area contributed by atoms with Crippen molar-refractivity contribution in [3.8, 4) is 0 Å². The van der Waals surface area contributed by atoms with Crippen molar-refractivity contribution >= 4 is 41.3 Å². The third-order valence-corrected chi connectivity index (χ3v) is 4.14. The molecule has 21 heavy (non-hydrogen) atoms. The first-order valence-electron chi connectivity index (χ1n) is 7.38. The molecule has 0 saturated heterocycles. The molecule has 1 rings (SSSR count). The number of thiophene rings is 1. The second-order valence-corrected chi connectivity index (χ2v) is 6.03. The van der Waals surface area contributed by atoms with Crippen molar-refractivity contribution in [2.75, 3.05) is 19.6 Å². The summed E-state index contributed by atoms with van der Waals surface area (Å²) in [5.41, 5.74) is -0.903. The Kier molecular flexibility index (Phi) is 11.1. The Balaban J connectivity index is 0.00000400. The fourth-order valence-corrected chi connectivity index (χ4v) is 2.60.